The average Bonchev–Trinajstić information content (AvgIpc) is 2.52. The second kappa shape index (κ2) is 11.1. The molecule has 0 aliphatic heterocycles. The maximum Gasteiger partial charge on any atom is 0.326 e. The van der Waals surface area contributed by atoms with E-state index in [9.17, 15) is 24.0 Å². The summed E-state index contributed by atoms with van der Waals surface area (Å²) in [6.45, 7) is 6.33. The zero-order valence-electron chi connectivity index (χ0n) is 15.8. The van der Waals surface area contributed by atoms with Crippen molar-refractivity contribution in [3.05, 3.63) is 0 Å². The van der Waals surface area contributed by atoms with Crippen molar-refractivity contribution in [1.82, 2.24) is 16.0 Å². The fourth-order valence-electron chi connectivity index (χ4n) is 2.06. The highest BCUT2D eigenvalue weighted by Crippen LogP contribution is 2.05. The molecule has 7 N–H and O–H groups in total. The van der Waals surface area contributed by atoms with E-state index in [0.29, 0.717) is 0 Å². The van der Waals surface area contributed by atoms with Crippen LogP contribution in [0.3, 0.4) is 0 Å². The number of hydrogen-bond acceptors (Lipinski definition) is 6. The number of hydrogen-bond donors (Lipinski definition) is 6. The first kappa shape index (κ1) is 24.3. The lowest BCUT2D eigenvalue weighted by molar-refractivity contribution is -0.142. The fourth-order valence-corrected chi connectivity index (χ4v) is 2.06. The van der Waals surface area contributed by atoms with Gasteiger partial charge < -0.3 is 31.9 Å². The Hall–Kier alpha value is -2.69. The van der Waals surface area contributed by atoms with Gasteiger partial charge in [0.1, 0.15) is 18.1 Å². The molecule has 0 saturated heterocycles. The van der Waals surface area contributed by atoms with E-state index in [1.807, 2.05) is 13.8 Å². The molecular weight excluding hydrogens is 360 g/mol. The molecular formula is C16H28N4O7. The van der Waals surface area contributed by atoms with Gasteiger partial charge in [-0.05, 0) is 26.2 Å². The monoisotopic (exact) mass is 388 g/mol. The van der Waals surface area contributed by atoms with Gasteiger partial charge in [-0.3, -0.25) is 19.2 Å². The first-order valence-corrected chi connectivity index (χ1v) is 8.46. The summed E-state index contributed by atoms with van der Waals surface area (Å²) >= 11 is 0. The predicted molar refractivity (Wildman–Crippen MR) is 94.5 cm³/mol. The van der Waals surface area contributed by atoms with Gasteiger partial charge in [-0.25, -0.2) is 4.79 Å². The van der Waals surface area contributed by atoms with Crippen molar-refractivity contribution in [2.24, 2.45) is 11.7 Å². The summed E-state index contributed by atoms with van der Waals surface area (Å²) < 4.78 is 0. The van der Waals surface area contributed by atoms with E-state index in [4.69, 9.17) is 15.9 Å². The minimum atomic E-state index is -1.31. The summed E-state index contributed by atoms with van der Waals surface area (Å²) in [7, 11) is 0. The second-order valence-electron chi connectivity index (χ2n) is 6.69. The van der Waals surface area contributed by atoms with E-state index in [-0.39, 0.29) is 12.3 Å². The highest BCUT2D eigenvalue weighted by molar-refractivity contribution is 5.94. The molecule has 27 heavy (non-hydrogen) atoms. The minimum absolute atomic E-state index is 0.0431. The van der Waals surface area contributed by atoms with E-state index in [1.165, 1.54) is 13.8 Å². The largest absolute Gasteiger partial charge is 0.481 e. The topological polar surface area (TPSA) is 188 Å². The molecule has 0 spiro atoms. The van der Waals surface area contributed by atoms with Gasteiger partial charge in [0.25, 0.3) is 0 Å². The summed E-state index contributed by atoms with van der Waals surface area (Å²) in [6.07, 6.45) is -0.360. The zero-order chi connectivity index (χ0) is 21.3. The van der Waals surface area contributed by atoms with Gasteiger partial charge in [-0.1, -0.05) is 13.8 Å². The molecule has 11 heteroatoms. The molecule has 0 bridgehead atoms. The van der Waals surface area contributed by atoms with Crippen LogP contribution in [0, 0.1) is 5.92 Å². The molecule has 3 amide bonds. The zero-order valence-corrected chi connectivity index (χ0v) is 15.8. The van der Waals surface area contributed by atoms with Crippen molar-refractivity contribution < 1.29 is 34.2 Å². The van der Waals surface area contributed by atoms with Crippen LogP contribution in [0.15, 0.2) is 0 Å². The van der Waals surface area contributed by atoms with Gasteiger partial charge in [0.2, 0.25) is 17.7 Å². The molecule has 0 aromatic rings. The van der Waals surface area contributed by atoms with E-state index >= 15 is 0 Å². The van der Waals surface area contributed by atoms with Gasteiger partial charge in [0.15, 0.2) is 0 Å². The Bertz CT molecular complexity index is 579. The maximum atomic E-state index is 12.1. The van der Waals surface area contributed by atoms with Crippen molar-refractivity contribution >= 4 is 29.7 Å². The first-order valence-electron chi connectivity index (χ1n) is 8.46. The van der Waals surface area contributed by atoms with E-state index in [0.717, 1.165) is 0 Å². The van der Waals surface area contributed by atoms with Crippen molar-refractivity contribution in [2.45, 2.75) is 64.7 Å². The number of carbonyl (C=O) groups excluding carboxylic acids is 3. The number of carboxylic acid groups (broad SMARTS) is 2. The number of nitrogens with two attached hydrogens (primary N) is 1. The molecule has 0 heterocycles. The van der Waals surface area contributed by atoms with Crippen LogP contribution >= 0.6 is 0 Å². The Morgan fingerprint density at radius 2 is 1.26 bits per heavy atom. The van der Waals surface area contributed by atoms with Crippen molar-refractivity contribution in [3.63, 3.8) is 0 Å². The third kappa shape index (κ3) is 9.54. The highest BCUT2D eigenvalue weighted by Gasteiger charge is 2.27. The van der Waals surface area contributed by atoms with Crippen molar-refractivity contribution in [3.8, 4) is 0 Å². The number of carboxylic acids is 2. The fraction of sp³-hybridized carbons (Fsp3) is 0.688. The van der Waals surface area contributed by atoms with Gasteiger partial charge >= 0.3 is 11.9 Å². The molecule has 0 radical (unpaired) electrons. The summed E-state index contributed by atoms with van der Waals surface area (Å²) in [5.41, 5.74) is 5.39. The molecule has 0 aromatic heterocycles. The SMILES string of the molecule is CC(C)CC(NC(=O)C(C)NC(=O)C(C)NC(=O)C(N)CC(=O)O)C(=O)O. The number of amides is 3. The highest BCUT2D eigenvalue weighted by atomic mass is 16.4. The third-order valence-corrected chi connectivity index (χ3v) is 3.56. The molecule has 0 aromatic carbocycles. The lowest BCUT2D eigenvalue weighted by atomic mass is 10.0. The van der Waals surface area contributed by atoms with Crippen LogP contribution in [0.25, 0.3) is 0 Å². The van der Waals surface area contributed by atoms with Crippen LogP contribution < -0.4 is 21.7 Å². The lowest BCUT2D eigenvalue weighted by Gasteiger charge is -2.22. The maximum absolute atomic E-state index is 12.1. The average molecular weight is 388 g/mol. The summed E-state index contributed by atoms with van der Waals surface area (Å²) in [6, 6.07) is -4.51. The Morgan fingerprint density at radius 1 is 0.815 bits per heavy atom. The molecule has 154 valence electrons. The summed E-state index contributed by atoms with van der Waals surface area (Å²) in [4.78, 5) is 57.6. The van der Waals surface area contributed by atoms with E-state index in [2.05, 4.69) is 16.0 Å². The molecule has 4 atom stereocenters. The third-order valence-electron chi connectivity index (χ3n) is 3.56. The van der Waals surface area contributed by atoms with Gasteiger partial charge in [0, 0.05) is 0 Å². The molecule has 11 nitrogen and oxygen atoms in total. The van der Waals surface area contributed by atoms with Crippen LogP contribution in [0.2, 0.25) is 0 Å². The number of nitrogens with one attached hydrogen (secondary N) is 3. The minimum Gasteiger partial charge on any atom is -0.481 e. The predicted octanol–water partition coefficient (Wildman–Crippen LogP) is -1.59. The second-order valence-corrected chi connectivity index (χ2v) is 6.69. The van der Waals surface area contributed by atoms with Gasteiger partial charge in [-0.2, -0.15) is 0 Å². The van der Waals surface area contributed by atoms with Crippen molar-refractivity contribution in [2.75, 3.05) is 0 Å². The molecule has 0 saturated carbocycles. The lowest BCUT2D eigenvalue weighted by Crippen LogP contribution is -2.55. The smallest absolute Gasteiger partial charge is 0.326 e. The Balaban J connectivity index is 4.65. The number of rotatable bonds is 11. The number of aliphatic carboxylic acids is 2. The Kier molecular flexibility index (Phi) is 10.0. The van der Waals surface area contributed by atoms with Crippen LogP contribution in [-0.2, 0) is 24.0 Å². The molecule has 0 aliphatic rings. The molecule has 0 rings (SSSR count). The number of carbonyl (C=O) groups is 5. The van der Waals surface area contributed by atoms with Gasteiger partial charge in [0.05, 0.1) is 12.5 Å². The van der Waals surface area contributed by atoms with Crippen LogP contribution in [0.4, 0.5) is 0 Å². The standard InChI is InChI=1S/C16H28N4O7/c1-7(2)5-11(16(26)27)20-14(24)9(4)18-13(23)8(3)19-15(25)10(17)6-12(21)22/h7-11H,5-6,17H2,1-4H3,(H,18,23)(H,19,25)(H,20,24)(H,21,22)(H,26,27). The van der Waals surface area contributed by atoms with Gasteiger partial charge in [-0.15, -0.1) is 0 Å². The Labute approximate surface area is 157 Å². The van der Waals surface area contributed by atoms with Crippen LogP contribution in [-0.4, -0.2) is 64.0 Å². The van der Waals surface area contributed by atoms with E-state index in [1.54, 1.807) is 0 Å². The normalized spacial score (nSPS) is 15.2. The van der Waals surface area contributed by atoms with Crippen LogP contribution in [0.1, 0.15) is 40.5 Å². The van der Waals surface area contributed by atoms with Crippen molar-refractivity contribution in [1.29, 1.82) is 0 Å². The Morgan fingerprint density at radius 3 is 1.67 bits per heavy atom. The summed E-state index contributed by atoms with van der Waals surface area (Å²) in [5, 5.41) is 24.7. The molecule has 0 fully saturated rings. The quantitative estimate of drug-likeness (QED) is 0.244. The molecule has 0 aliphatic carbocycles. The molecule has 4 unspecified atom stereocenters. The van der Waals surface area contributed by atoms with Crippen LogP contribution in [0.5, 0.6) is 0 Å². The summed E-state index contributed by atoms with van der Waals surface area (Å²) in [5.74, 6) is -4.60. The first-order chi connectivity index (χ1) is 12.3. The van der Waals surface area contributed by atoms with E-state index < -0.39 is 60.2 Å².